The molecule has 0 aliphatic rings. The first-order valence-corrected chi connectivity index (χ1v) is 15.7. The maximum absolute atomic E-state index is 9.81. The number of para-hydroxylation sites is 3. The topological polar surface area (TPSA) is 56.7 Å². The van der Waals surface area contributed by atoms with Gasteiger partial charge in [0.2, 0.25) is 0 Å². The van der Waals surface area contributed by atoms with E-state index in [-0.39, 0.29) is 44.8 Å². The van der Waals surface area contributed by atoms with E-state index in [0.29, 0.717) is 22.3 Å². The Labute approximate surface area is 304 Å². The molecule has 0 radical (unpaired) electrons. The molecule has 0 atom stereocenters. The molecular formula is C45H28N4O. The molecule has 0 aliphatic carbocycles. The van der Waals surface area contributed by atoms with Crippen LogP contribution < -0.4 is 0 Å². The predicted octanol–water partition coefficient (Wildman–Crippen LogP) is 11.5. The maximum atomic E-state index is 9.81. The lowest BCUT2D eigenvalue weighted by Gasteiger charge is -2.11. The fraction of sp³-hybridized carbons (Fsp3) is 0. The minimum atomic E-state index is -0.724. The van der Waals surface area contributed by atoms with Gasteiger partial charge in [-0.3, -0.25) is 0 Å². The first kappa shape index (κ1) is 18.6. The Morgan fingerprint density at radius 3 is 1.90 bits per heavy atom. The van der Waals surface area contributed by atoms with Gasteiger partial charge >= 0.3 is 0 Å². The van der Waals surface area contributed by atoms with E-state index in [0.717, 1.165) is 26.5 Å². The number of furan rings is 1. The van der Waals surface area contributed by atoms with E-state index in [1.54, 1.807) is 6.07 Å². The quantitative estimate of drug-likeness (QED) is 0.186. The lowest BCUT2D eigenvalue weighted by molar-refractivity contribution is 0.669. The van der Waals surface area contributed by atoms with Gasteiger partial charge in [-0.2, -0.15) is 0 Å². The van der Waals surface area contributed by atoms with Crippen molar-refractivity contribution in [3.63, 3.8) is 0 Å². The number of rotatable bonds is 5. The second-order valence-electron chi connectivity index (χ2n) is 11.6. The van der Waals surface area contributed by atoms with Crippen molar-refractivity contribution in [3.8, 4) is 51.0 Å². The monoisotopic (exact) mass is 652 g/mol. The molecule has 0 N–H and O–H groups in total. The predicted molar refractivity (Wildman–Crippen MR) is 203 cm³/mol. The third-order valence-corrected chi connectivity index (χ3v) is 8.61. The van der Waals surface area contributed by atoms with Crippen LogP contribution in [0.15, 0.2) is 174 Å². The highest BCUT2D eigenvalue weighted by atomic mass is 16.3. The summed E-state index contributed by atoms with van der Waals surface area (Å²) < 4.78 is 114. The lowest BCUT2D eigenvalue weighted by atomic mass is 10.0. The van der Waals surface area contributed by atoms with Crippen molar-refractivity contribution in [3.05, 3.63) is 170 Å². The standard InChI is InChI=1S/C45H28N4O/c1-3-11-29(12-4-1)30-19-21-31(22-20-30)43-46-44(48-45(47-43)33-24-26-38-37-16-8-10-18-41(37)50-42(38)28-33)32-23-25-36-35-15-7-9-17-39(35)49(40(36)27-32)34-13-5-2-6-14-34/h1-28H/i2D,5D,6D,7D,9D,13D,14D,15D,17D,23D,25D,27D. The van der Waals surface area contributed by atoms with Gasteiger partial charge < -0.3 is 8.98 Å². The van der Waals surface area contributed by atoms with Crippen molar-refractivity contribution < 1.29 is 20.9 Å². The molecule has 5 heteroatoms. The zero-order valence-electron chi connectivity index (χ0n) is 37.9. The van der Waals surface area contributed by atoms with E-state index in [1.807, 2.05) is 91.0 Å². The Balaban J connectivity index is 1.30. The van der Waals surface area contributed by atoms with Gasteiger partial charge in [-0.25, -0.2) is 15.0 Å². The Kier molecular flexibility index (Phi) is 4.24. The number of hydrogen-bond acceptors (Lipinski definition) is 4. The van der Waals surface area contributed by atoms with Crippen LogP contribution in [0.5, 0.6) is 0 Å². The Morgan fingerprint density at radius 2 is 1.06 bits per heavy atom. The molecular weight excluding hydrogens is 613 g/mol. The Bertz CT molecular complexity index is 3520. The highest BCUT2D eigenvalue weighted by Gasteiger charge is 2.17. The molecule has 0 unspecified atom stereocenters. The molecule has 0 fully saturated rings. The summed E-state index contributed by atoms with van der Waals surface area (Å²) in [6.07, 6.45) is 0. The van der Waals surface area contributed by atoms with E-state index >= 15 is 0 Å². The van der Waals surface area contributed by atoms with Crippen LogP contribution in [-0.2, 0) is 0 Å². The summed E-state index contributed by atoms with van der Waals surface area (Å²) in [7, 11) is 0. The maximum Gasteiger partial charge on any atom is 0.164 e. The first-order chi connectivity index (χ1) is 29.8. The fourth-order valence-corrected chi connectivity index (χ4v) is 6.26. The number of hydrogen-bond donors (Lipinski definition) is 0. The van der Waals surface area contributed by atoms with Crippen molar-refractivity contribution in [1.82, 2.24) is 19.5 Å². The summed E-state index contributed by atoms with van der Waals surface area (Å²) in [6, 6.07) is 22.5. The van der Waals surface area contributed by atoms with Gasteiger partial charge in [-0.15, -0.1) is 0 Å². The second kappa shape index (κ2) is 11.4. The average Bonchev–Trinajstić information content (AvgIpc) is 3.85. The van der Waals surface area contributed by atoms with Gasteiger partial charge in [0.05, 0.1) is 27.5 Å². The lowest BCUT2D eigenvalue weighted by Crippen LogP contribution is -2.00. The van der Waals surface area contributed by atoms with Crippen LogP contribution in [0.4, 0.5) is 0 Å². The molecule has 0 spiro atoms. The van der Waals surface area contributed by atoms with E-state index in [9.17, 15) is 4.11 Å². The molecule has 0 bridgehead atoms. The normalized spacial score (nSPS) is 15.0. The van der Waals surface area contributed by atoms with Crippen LogP contribution >= 0.6 is 0 Å². The summed E-state index contributed by atoms with van der Waals surface area (Å²) in [5, 5.41) is 1.26. The summed E-state index contributed by atoms with van der Waals surface area (Å²) in [4.78, 5) is 14.5. The zero-order chi connectivity index (χ0) is 43.5. The van der Waals surface area contributed by atoms with Gasteiger partial charge in [-0.1, -0.05) is 127 Å². The van der Waals surface area contributed by atoms with E-state index in [2.05, 4.69) is 0 Å². The van der Waals surface area contributed by atoms with Gasteiger partial charge in [0.25, 0.3) is 0 Å². The molecule has 3 aromatic heterocycles. The van der Waals surface area contributed by atoms with Crippen molar-refractivity contribution in [1.29, 1.82) is 0 Å². The van der Waals surface area contributed by atoms with Crippen LogP contribution in [-0.4, -0.2) is 19.5 Å². The second-order valence-corrected chi connectivity index (χ2v) is 11.6. The fourth-order valence-electron chi connectivity index (χ4n) is 6.26. The van der Waals surface area contributed by atoms with Gasteiger partial charge in [0.15, 0.2) is 17.5 Å². The molecule has 0 saturated carbocycles. The summed E-state index contributed by atoms with van der Waals surface area (Å²) in [5.74, 6) is 0.0887. The highest BCUT2D eigenvalue weighted by Crippen LogP contribution is 2.36. The Morgan fingerprint density at radius 1 is 0.440 bits per heavy atom. The molecule has 7 aromatic carbocycles. The largest absolute Gasteiger partial charge is 0.456 e. The zero-order valence-corrected chi connectivity index (χ0v) is 25.9. The van der Waals surface area contributed by atoms with Crippen molar-refractivity contribution in [2.75, 3.05) is 0 Å². The van der Waals surface area contributed by atoms with Gasteiger partial charge in [-0.05, 0) is 53.5 Å². The van der Waals surface area contributed by atoms with Crippen LogP contribution in [0.1, 0.15) is 16.4 Å². The van der Waals surface area contributed by atoms with Crippen LogP contribution in [0.25, 0.3) is 94.7 Å². The first-order valence-electron chi connectivity index (χ1n) is 21.7. The number of nitrogens with zero attached hydrogens (tertiary/aromatic N) is 4. The molecule has 3 heterocycles. The van der Waals surface area contributed by atoms with E-state index in [1.165, 1.54) is 0 Å². The third kappa shape index (κ3) is 4.67. The SMILES string of the molecule is [2H]c1c([2H])c([2H])c(-n2c3c([2H])c([2H])c([2H])c([2H])c3c3c([2H])c([2H])c(-c4nc(-c5ccc(-c6ccccc6)cc5)nc(-c5ccc6c(c5)oc5ccccc56)n4)c([2H])c32)c([2H])c1[2H]. The minimum Gasteiger partial charge on any atom is -0.456 e. The summed E-state index contributed by atoms with van der Waals surface area (Å²) in [5.41, 5.74) is 2.78. The van der Waals surface area contributed by atoms with Crippen molar-refractivity contribution in [2.24, 2.45) is 0 Å². The van der Waals surface area contributed by atoms with Crippen molar-refractivity contribution >= 4 is 43.7 Å². The molecule has 10 aromatic rings. The molecule has 0 amide bonds. The van der Waals surface area contributed by atoms with Crippen LogP contribution in [0.2, 0.25) is 0 Å². The minimum absolute atomic E-state index is 0.135. The van der Waals surface area contributed by atoms with Gasteiger partial charge in [0.1, 0.15) is 11.2 Å². The molecule has 50 heavy (non-hydrogen) atoms. The Hall–Kier alpha value is -6.85. The van der Waals surface area contributed by atoms with Crippen molar-refractivity contribution in [2.45, 2.75) is 0 Å². The summed E-state index contributed by atoms with van der Waals surface area (Å²) >= 11 is 0. The number of fused-ring (bicyclic) bond motifs is 6. The molecule has 10 rings (SSSR count). The number of aromatic nitrogens is 4. The van der Waals surface area contributed by atoms with E-state index in [4.69, 9.17) is 31.7 Å². The highest BCUT2D eigenvalue weighted by molar-refractivity contribution is 6.10. The molecule has 0 aliphatic heterocycles. The van der Waals surface area contributed by atoms with Gasteiger partial charge in [0, 0.05) is 43.9 Å². The average molecular weight is 653 g/mol. The smallest absolute Gasteiger partial charge is 0.164 e. The molecule has 234 valence electrons. The van der Waals surface area contributed by atoms with E-state index < -0.39 is 78.2 Å². The molecule has 5 nitrogen and oxygen atoms in total. The van der Waals surface area contributed by atoms with Crippen LogP contribution in [0.3, 0.4) is 0 Å². The third-order valence-electron chi connectivity index (χ3n) is 8.61. The summed E-state index contributed by atoms with van der Waals surface area (Å²) in [6.45, 7) is 0. The number of benzene rings is 7. The van der Waals surface area contributed by atoms with Crippen LogP contribution in [0, 0.1) is 0 Å². The molecule has 0 saturated heterocycles.